The molecule has 0 aromatic heterocycles. The number of nitro benzene ring substituents is 1. The van der Waals surface area contributed by atoms with Crippen LogP contribution >= 0.6 is 11.6 Å². The molecular weight excluding hydrogens is 342 g/mol. The minimum atomic E-state index is -0.551. The molecule has 1 N–H and O–H groups in total. The number of nitrogens with zero attached hydrogens (tertiary/aromatic N) is 2. The SMILES string of the molecule is O=C(NCc1ccc(N2CCCC2)cc1)c1cc([N+](=O)[O-])ccc1Cl. The number of carbonyl (C=O) groups excluding carboxylic acids is 1. The molecule has 0 spiro atoms. The van der Waals surface area contributed by atoms with Gasteiger partial charge >= 0.3 is 0 Å². The Morgan fingerprint density at radius 1 is 1.16 bits per heavy atom. The maximum Gasteiger partial charge on any atom is 0.270 e. The zero-order valence-electron chi connectivity index (χ0n) is 13.6. The summed E-state index contributed by atoms with van der Waals surface area (Å²) in [6, 6.07) is 11.9. The van der Waals surface area contributed by atoms with Crippen molar-refractivity contribution in [2.75, 3.05) is 18.0 Å². The van der Waals surface area contributed by atoms with E-state index in [1.807, 2.05) is 24.3 Å². The third-order valence-corrected chi connectivity index (χ3v) is 4.60. The first-order valence-corrected chi connectivity index (χ1v) is 8.48. The Morgan fingerprint density at radius 2 is 1.84 bits per heavy atom. The fourth-order valence-electron chi connectivity index (χ4n) is 2.88. The normalized spacial score (nSPS) is 13.7. The molecule has 1 heterocycles. The first-order valence-electron chi connectivity index (χ1n) is 8.10. The van der Waals surface area contributed by atoms with Crippen LogP contribution in [0.5, 0.6) is 0 Å². The highest BCUT2D eigenvalue weighted by Crippen LogP contribution is 2.23. The van der Waals surface area contributed by atoms with Gasteiger partial charge in [-0.05, 0) is 36.6 Å². The summed E-state index contributed by atoms with van der Waals surface area (Å²) in [6.07, 6.45) is 2.45. The predicted molar refractivity (Wildman–Crippen MR) is 97.2 cm³/mol. The molecule has 0 atom stereocenters. The molecule has 0 aliphatic carbocycles. The van der Waals surface area contributed by atoms with Crippen LogP contribution in [0.25, 0.3) is 0 Å². The van der Waals surface area contributed by atoms with Crippen LogP contribution in [0.2, 0.25) is 5.02 Å². The standard InChI is InChI=1S/C18H18ClN3O3/c19-17-8-7-15(22(24)25)11-16(17)18(23)20-12-13-3-5-14(6-4-13)21-9-1-2-10-21/h3-8,11H,1-2,9-10,12H2,(H,20,23). The van der Waals surface area contributed by atoms with E-state index in [9.17, 15) is 14.9 Å². The number of rotatable bonds is 5. The van der Waals surface area contributed by atoms with E-state index in [1.54, 1.807) is 0 Å². The van der Waals surface area contributed by atoms with E-state index in [4.69, 9.17) is 11.6 Å². The van der Waals surface area contributed by atoms with Crippen LogP contribution in [0, 0.1) is 10.1 Å². The van der Waals surface area contributed by atoms with Crippen LogP contribution < -0.4 is 10.2 Å². The molecule has 25 heavy (non-hydrogen) atoms. The molecule has 1 aliphatic heterocycles. The number of nitro groups is 1. The number of non-ortho nitro benzene ring substituents is 1. The second kappa shape index (κ2) is 7.53. The van der Waals surface area contributed by atoms with Crippen LogP contribution in [0.15, 0.2) is 42.5 Å². The zero-order chi connectivity index (χ0) is 17.8. The highest BCUT2D eigenvalue weighted by atomic mass is 35.5. The lowest BCUT2D eigenvalue weighted by Crippen LogP contribution is -2.23. The zero-order valence-corrected chi connectivity index (χ0v) is 14.3. The summed E-state index contributed by atoms with van der Waals surface area (Å²) < 4.78 is 0. The van der Waals surface area contributed by atoms with Crippen molar-refractivity contribution in [1.82, 2.24) is 5.32 Å². The summed E-state index contributed by atoms with van der Waals surface area (Å²) in [5.74, 6) is -0.433. The van der Waals surface area contributed by atoms with Crippen LogP contribution in [-0.2, 0) is 6.54 Å². The molecule has 7 heteroatoms. The highest BCUT2D eigenvalue weighted by Gasteiger charge is 2.16. The van der Waals surface area contributed by atoms with Gasteiger partial charge in [0.1, 0.15) is 0 Å². The van der Waals surface area contributed by atoms with Gasteiger partial charge in [-0.15, -0.1) is 0 Å². The summed E-state index contributed by atoms with van der Waals surface area (Å²) in [4.78, 5) is 24.9. The monoisotopic (exact) mass is 359 g/mol. The first-order chi connectivity index (χ1) is 12.0. The van der Waals surface area contributed by atoms with Crippen molar-refractivity contribution in [3.8, 4) is 0 Å². The average Bonchev–Trinajstić information content (AvgIpc) is 3.15. The Kier molecular flexibility index (Phi) is 5.19. The van der Waals surface area contributed by atoms with Gasteiger partial charge in [-0.1, -0.05) is 23.7 Å². The second-order valence-electron chi connectivity index (χ2n) is 5.96. The van der Waals surface area contributed by atoms with Crippen LogP contribution in [0.3, 0.4) is 0 Å². The van der Waals surface area contributed by atoms with Gasteiger partial charge in [0.25, 0.3) is 11.6 Å². The number of halogens is 1. The lowest BCUT2D eigenvalue weighted by molar-refractivity contribution is -0.384. The Morgan fingerprint density at radius 3 is 2.48 bits per heavy atom. The minimum Gasteiger partial charge on any atom is -0.372 e. The summed E-state index contributed by atoms with van der Waals surface area (Å²) in [5.41, 5.74) is 2.08. The van der Waals surface area contributed by atoms with Crippen molar-refractivity contribution in [1.29, 1.82) is 0 Å². The number of benzene rings is 2. The fraction of sp³-hybridized carbons (Fsp3) is 0.278. The molecule has 6 nitrogen and oxygen atoms in total. The predicted octanol–water partition coefficient (Wildman–Crippen LogP) is 3.78. The van der Waals surface area contributed by atoms with Gasteiger partial charge in [0.05, 0.1) is 15.5 Å². The average molecular weight is 360 g/mol. The molecule has 2 aromatic rings. The third kappa shape index (κ3) is 4.09. The number of hydrogen-bond donors (Lipinski definition) is 1. The van der Waals surface area contributed by atoms with E-state index >= 15 is 0 Å². The lowest BCUT2D eigenvalue weighted by Gasteiger charge is -2.17. The van der Waals surface area contributed by atoms with E-state index < -0.39 is 10.8 Å². The molecule has 0 saturated carbocycles. The van der Waals surface area contributed by atoms with Gasteiger partial charge in [-0.25, -0.2) is 0 Å². The fourth-order valence-corrected chi connectivity index (χ4v) is 3.08. The van der Waals surface area contributed by atoms with Crippen molar-refractivity contribution >= 4 is 28.9 Å². The summed E-state index contributed by atoms with van der Waals surface area (Å²) in [6.45, 7) is 2.50. The molecule has 1 saturated heterocycles. The molecule has 1 amide bonds. The van der Waals surface area contributed by atoms with Crippen molar-refractivity contribution in [3.63, 3.8) is 0 Å². The van der Waals surface area contributed by atoms with Gasteiger partial charge in [0.2, 0.25) is 0 Å². The smallest absolute Gasteiger partial charge is 0.270 e. The molecule has 0 bridgehead atoms. The van der Waals surface area contributed by atoms with Gasteiger partial charge in [0, 0.05) is 37.5 Å². The summed E-state index contributed by atoms with van der Waals surface area (Å²) in [7, 11) is 0. The van der Waals surface area contributed by atoms with E-state index in [-0.39, 0.29) is 16.3 Å². The molecule has 1 fully saturated rings. The number of hydrogen-bond acceptors (Lipinski definition) is 4. The molecule has 3 rings (SSSR count). The van der Waals surface area contributed by atoms with Crippen molar-refractivity contribution < 1.29 is 9.72 Å². The van der Waals surface area contributed by atoms with Gasteiger partial charge in [-0.2, -0.15) is 0 Å². The van der Waals surface area contributed by atoms with E-state index in [1.165, 1.54) is 36.7 Å². The summed E-state index contributed by atoms with van der Waals surface area (Å²) >= 11 is 5.98. The largest absolute Gasteiger partial charge is 0.372 e. The molecule has 0 unspecified atom stereocenters. The first kappa shape index (κ1) is 17.2. The van der Waals surface area contributed by atoms with Crippen LogP contribution in [0.1, 0.15) is 28.8 Å². The molecule has 2 aromatic carbocycles. The van der Waals surface area contributed by atoms with Gasteiger partial charge in [0.15, 0.2) is 0 Å². The highest BCUT2D eigenvalue weighted by molar-refractivity contribution is 6.33. The Bertz CT molecular complexity index is 787. The van der Waals surface area contributed by atoms with Crippen molar-refractivity contribution in [2.45, 2.75) is 19.4 Å². The van der Waals surface area contributed by atoms with Crippen LogP contribution in [0.4, 0.5) is 11.4 Å². The topological polar surface area (TPSA) is 75.5 Å². The van der Waals surface area contributed by atoms with E-state index in [0.717, 1.165) is 18.7 Å². The Hall–Kier alpha value is -2.60. The second-order valence-corrected chi connectivity index (χ2v) is 6.37. The van der Waals surface area contributed by atoms with Crippen molar-refractivity contribution in [2.24, 2.45) is 0 Å². The molecule has 0 radical (unpaired) electrons. The lowest BCUT2D eigenvalue weighted by atomic mass is 10.1. The molecule has 130 valence electrons. The summed E-state index contributed by atoms with van der Waals surface area (Å²) in [5, 5.41) is 13.8. The minimum absolute atomic E-state index is 0.101. The van der Waals surface area contributed by atoms with Gasteiger partial charge < -0.3 is 10.2 Å². The number of nitrogens with one attached hydrogen (secondary N) is 1. The number of carbonyl (C=O) groups is 1. The third-order valence-electron chi connectivity index (χ3n) is 4.27. The number of anilines is 1. The Labute approximate surface area is 150 Å². The Balaban J connectivity index is 1.64. The van der Waals surface area contributed by atoms with Crippen molar-refractivity contribution in [3.05, 3.63) is 68.7 Å². The molecule has 1 aliphatic rings. The quantitative estimate of drug-likeness (QED) is 0.651. The molecular formula is C18H18ClN3O3. The van der Waals surface area contributed by atoms with Gasteiger partial charge in [-0.3, -0.25) is 14.9 Å². The maximum atomic E-state index is 12.3. The number of amides is 1. The van der Waals surface area contributed by atoms with E-state index in [0.29, 0.717) is 6.54 Å². The maximum absolute atomic E-state index is 12.3. The van der Waals surface area contributed by atoms with Crippen LogP contribution in [-0.4, -0.2) is 23.9 Å². The van der Waals surface area contributed by atoms with E-state index in [2.05, 4.69) is 10.2 Å².